The summed E-state index contributed by atoms with van der Waals surface area (Å²) in [6.45, 7) is 7.19. The lowest BCUT2D eigenvalue weighted by Gasteiger charge is -2.38. The highest BCUT2D eigenvalue weighted by molar-refractivity contribution is 5.78. The van der Waals surface area contributed by atoms with Crippen LogP contribution >= 0.6 is 0 Å². The van der Waals surface area contributed by atoms with Gasteiger partial charge in [-0.05, 0) is 31.9 Å². The lowest BCUT2D eigenvalue weighted by molar-refractivity contribution is -0.148. The van der Waals surface area contributed by atoms with E-state index < -0.39 is 0 Å². The summed E-state index contributed by atoms with van der Waals surface area (Å²) in [5.41, 5.74) is 8.37. The van der Waals surface area contributed by atoms with Gasteiger partial charge >= 0.3 is 5.97 Å². The first-order valence-corrected chi connectivity index (χ1v) is 10.7. The number of esters is 1. The van der Waals surface area contributed by atoms with Gasteiger partial charge in [0.1, 0.15) is 12.0 Å². The van der Waals surface area contributed by atoms with Crippen molar-refractivity contribution in [2.75, 3.05) is 66.3 Å². The van der Waals surface area contributed by atoms with Crippen molar-refractivity contribution in [1.29, 1.82) is 0 Å². The monoisotopic (exact) mass is 410 g/mol. The Balaban J connectivity index is 1.45. The Bertz CT molecular complexity index is 854. The molecule has 2 fully saturated rings. The summed E-state index contributed by atoms with van der Waals surface area (Å²) in [7, 11) is 0. The van der Waals surface area contributed by atoms with E-state index in [1.54, 1.807) is 6.33 Å². The highest BCUT2D eigenvalue weighted by atomic mass is 16.5. The smallest absolute Gasteiger partial charge is 0.310 e. The fourth-order valence-electron chi connectivity index (χ4n) is 4.32. The number of nitrogens with two attached hydrogens (primary N) is 1. The molecule has 1 unspecified atom stereocenters. The molecule has 8 nitrogen and oxygen atoms in total. The standard InChI is InChI=1S/C22H30N6O2/c1-2-30-22(29)17-7-6-10-28(15-17)21-19(23)20(24-16-25-21)27-13-11-26(12-14-27)18-8-4-3-5-9-18/h3-5,8-9,16-17H,2,6-7,10-15,23H2,1H3. The average Bonchev–Trinajstić information content (AvgIpc) is 2.80. The number of nitrogens with zero attached hydrogens (tertiary/aromatic N) is 5. The van der Waals surface area contributed by atoms with Crippen LogP contribution < -0.4 is 20.4 Å². The fraction of sp³-hybridized carbons (Fsp3) is 0.500. The van der Waals surface area contributed by atoms with E-state index in [2.05, 4.69) is 48.9 Å². The molecule has 0 aliphatic carbocycles. The molecule has 1 aromatic heterocycles. The third kappa shape index (κ3) is 4.27. The predicted octanol–water partition coefficient (Wildman–Crippen LogP) is 2.16. The van der Waals surface area contributed by atoms with Crippen molar-refractivity contribution in [2.45, 2.75) is 19.8 Å². The van der Waals surface area contributed by atoms with E-state index in [0.29, 0.717) is 18.8 Å². The van der Waals surface area contributed by atoms with E-state index >= 15 is 0 Å². The van der Waals surface area contributed by atoms with E-state index in [1.165, 1.54) is 5.69 Å². The van der Waals surface area contributed by atoms with Gasteiger partial charge in [0.15, 0.2) is 11.6 Å². The number of anilines is 4. The van der Waals surface area contributed by atoms with Crippen molar-refractivity contribution in [1.82, 2.24) is 9.97 Å². The van der Waals surface area contributed by atoms with Crippen LogP contribution in [0.25, 0.3) is 0 Å². The quantitative estimate of drug-likeness (QED) is 0.751. The second-order valence-electron chi connectivity index (χ2n) is 7.78. The Morgan fingerprint density at radius 2 is 1.70 bits per heavy atom. The molecule has 0 bridgehead atoms. The summed E-state index contributed by atoms with van der Waals surface area (Å²) in [5, 5.41) is 0. The average molecular weight is 411 g/mol. The van der Waals surface area contributed by atoms with Crippen LogP contribution in [-0.4, -0.2) is 61.8 Å². The van der Waals surface area contributed by atoms with Crippen LogP contribution in [0.3, 0.4) is 0 Å². The van der Waals surface area contributed by atoms with E-state index in [9.17, 15) is 4.79 Å². The maximum absolute atomic E-state index is 12.2. The predicted molar refractivity (Wildman–Crippen MR) is 119 cm³/mol. The molecule has 2 aromatic rings. The number of rotatable bonds is 5. The summed E-state index contributed by atoms with van der Waals surface area (Å²) in [6.07, 6.45) is 3.34. The van der Waals surface area contributed by atoms with Gasteiger partial charge in [0.25, 0.3) is 0 Å². The van der Waals surface area contributed by atoms with Gasteiger partial charge in [-0.15, -0.1) is 0 Å². The molecule has 1 atom stereocenters. The first kappa shape index (κ1) is 20.3. The Hall–Kier alpha value is -3.03. The van der Waals surface area contributed by atoms with Gasteiger partial charge in [-0.25, -0.2) is 9.97 Å². The van der Waals surface area contributed by atoms with Crippen molar-refractivity contribution in [3.63, 3.8) is 0 Å². The zero-order valence-corrected chi connectivity index (χ0v) is 17.5. The van der Waals surface area contributed by atoms with E-state index in [4.69, 9.17) is 10.5 Å². The van der Waals surface area contributed by atoms with Gasteiger partial charge in [0.2, 0.25) is 0 Å². The number of benzene rings is 1. The van der Waals surface area contributed by atoms with Crippen molar-refractivity contribution in [3.05, 3.63) is 36.7 Å². The Morgan fingerprint density at radius 1 is 1.03 bits per heavy atom. The third-order valence-corrected chi connectivity index (χ3v) is 5.88. The number of hydrogen-bond donors (Lipinski definition) is 1. The zero-order chi connectivity index (χ0) is 20.9. The molecule has 0 spiro atoms. The SMILES string of the molecule is CCOC(=O)C1CCCN(c2ncnc(N3CCN(c4ccccc4)CC3)c2N)C1. The summed E-state index contributed by atoms with van der Waals surface area (Å²) < 4.78 is 5.22. The Labute approximate surface area is 177 Å². The van der Waals surface area contributed by atoms with Gasteiger partial charge in [0.05, 0.1) is 12.5 Å². The molecule has 2 N–H and O–H groups in total. The van der Waals surface area contributed by atoms with Gasteiger partial charge in [0, 0.05) is 45.0 Å². The summed E-state index contributed by atoms with van der Waals surface area (Å²) in [5.74, 6) is 1.24. The maximum Gasteiger partial charge on any atom is 0.310 e. The molecule has 1 aromatic carbocycles. The molecular formula is C22H30N6O2. The second kappa shape index (κ2) is 9.19. The van der Waals surface area contributed by atoms with Crippen LogP contribution in [0.1, 0.15) is 19.8 Å². The summed E-state index contributed by atoms with van der Waals surface area (Å²) >= 11 is 0. The molecular weight excluding hydrogens is 380 g/mol. The van der Waals surface area contributed by atoms with E-state index in [1.807, 2.05) is 13.0 Å². The number of nitrogen functional groups attached to an aromatic ring is 1. The number of carbonyl (C=O) groups is 1. The van der Waals surface area contributed by atoms with Crippen LogP contribution in [0.4, 0.5) is 23.0 Å². The second-order valence-corrected chi connectivity index (χ2v) is 7.78. The van der Waals surface area contributed by atoms with Crippen LogP contribution in [0.15, 0.2) is 36.7 Å². The molecule has 3 heterocycles. The molecule has 2 saturated heterocycles. The van der Waals surface area contributed by atoms with Crippen molar-refractivity contribution < 1.29 is 9.53 Å². The van der Waals surface area contributed by atoms with Crippen LogP contribution in [0.5, 0.6) is 0 Å². The van der Waals surface area contributed by atoms with E-state index in [0.717, 1.165) is 57.2 Å². The first-order valence-electron chi connectivity index (χ1n) is 10.7. The molecule has 0 radical (unpaired) electrons. The third-order valence-electron chi connectivity index (χ3n) is 5.88. The molecule has 8 heteroatoms. The van der Waals surface area contributed by atoms with Crippen LogP contribution in [0.2, 0.25) is 0 Å². The number of piperidine rings is 1. The molecule has 2 aliphatic heterocycles. The number of piperazine rings is 1. The normalized spacial score (nSPS) is 19.6. The van der Waals surface area contributed by atoms with Gasteiger partial charge in [-0.3, -0.25) is 4.79 Å². The van der Waals surface area contributed by atoms with Gasteiger partial charge < -0.3 is 25.2 Å². The number of para-hydroxylation sites is 1. The zero-order valence-electron chi connectivity index (χ0n) is 17.5. The lowest BCUT2D eigenvalue weighted by atomic mass is 9.98. The van der Waals surface area contributed by atoms with Crippen LogP contribution in [-0.2, 0) is 9.53 Å². The first-order chi connectivity index (χ1) is 14.7. The number of hydrogen-bond acceptors (Lipinski definition) is 8. The van der Waals surface area contributed by atoms with Gasteiger partial charge in [-0.1, -0.05) is 18.2 Å². The lowest BCUT2D eigenvalue weighted by Crippen LogP contribution is -2.47. The summed E-state index contributed by atoms with van der Waals surface area (Å²) in [4.78, 5) is 27.9. The fourth-order valence-corrected chi connectivity index (χ4v) is 4.32. The molecule has 160 valence electrons. The molecule has 30 heavy (non-hydrogen) atoms. The summed E-state index contributed by atoms with van der Waals surface area (Å²) in [6, 6.07) is 10.5. The van der Waals surface area contributed by atoms with Gasteiger partial charge in [-0.2, -0.15) is 0 Å². The Morgan fingerprint density at radius 3 is 2.40 bits per heavy atom. The highest BCUT2D eigenvalue weighted by Crippen LogP contribution is 2.32. The largest absolute Gasteiger partial charge is 0.466 e. The minimum absolute atomic E-state index is 0.132. The van der Waals surface area contributed by atoms with E-state index in [-0.39, 0.29) is 11.9 Å². The van der Waals surface area contributed by atoms with Crippen molar-refractivity contribution >= 4 is 29.0 Å². The van der Waals surface area contributed by atoms with Crippen molar-refractivity contribution in [2.24, 2.45) is 5.92 Å². The minimum atomic E-state index is -0.133. The number of aromatic nitrogens is 2. The molecule has 0 amide bonds. The molecule has 0 saturated carbocycles. The highest BCUT2D eigenvalue weighted by Gasteiger charge is 2.30. The molecule has 2 aliphatic rings. The maximum atomic E-state index is 12.2. The molecule has 4 rings (SSSR count). The number of ether oxygens (including phenoxy) is 1. The number of carbonyl (C=O) groups excluding carboxylic acids is 1. The Kier molecular flexibility index (Phi) is 6.21. The minimum Gasteiger partial charge on any atom is -0.466 e. The topological polar surface area (TPSA) is 87.8 Å². The van der Waals surface area contributed by atoms with Crippen molar-refractivity contribution in [3.8, 4) is 0 Å². The van der Waals surface area contributed by atoms with Crippen LogP contribution in [0, 0.1) is 5.92 Å².